The van der Waals surface area contributed by atoms with Gasteiger partial charge in [0.05, 0.1) is 6.61 Å². The van der Waals surface area contributed by atoms with Gasteiger partial charge in [-0.25, -0.2) is 0 Å². The van der Waals surface area contributed by atoms with Gasteiger partial charge in [-0.2, -0.15) is 0 Å². The summed E-state index contributed by atoms with van der Waals surface area (Å²) in [5.74, 6) is 0.608. The van der Waals surface area contributed by atoms with E-state index in [1.807, 2.05) is 41.3 Å². The number of unbranched alkanes of at least 4 members (excludes halogenated alkanes) is 1. The predicted molar refractivity (Wildman–Crippen MR) is 129 cm³/mol. The van der Waals surface area contributed by atoms with Crippen LogP contribution in [0.25, 0.3) is 11.1 Å². The normalized spacial score (nSPS) is 16.0. The zero-order chi connectivity index (χ0) is 22.3. The van der Waals surface area contributed by atoms with Crippen LogP contribution < -0.4 is 10.1 Å². The van der Waals surface area contributed by atoms with Gasteiger partial charge in [0.2, 0.25) is 3.79 Å². The van der Waals surface area contributed by atoms with E-state index >= 15 is 0 Å². The maximum atomic E-state index is 12.8. The standard InChI is InChI=1S/C24H29Cl3N2O2/c1-2-3-17-31-21-13-11-19(12-14-21)18-7-9-20(10-8-18)22(30)28-23(24(25,26)27)29-15-5-4-6-16-29/h7-14,23H,2-6,15-17H2,1H3,(H,28,30)/t23-/m0/s1. The SMILES string of the molecule is CCCCOc1ccc(-c2ccc(C(=O)N[C@@H](N3CCCCC3)C(Cl)(Cl)Cl)cc2)cc1. The van der Waals surface area contributed by atoms with Crippen LogP contribution in [0.3, 0.4) is 0 Å². The predicted octanol–water partition coefficient (Wildman–Crippen LogP) is 6.44. The summed E-state index contributed by atoms with van der Waals surface area (Å²) in [5, 5.41) is 2.91. The van der Waals surface area contributed by atoms with Gasteiger partial charge in [0, 0.05) is 18.7 Å². The van der Waals surface area contributed by atoms with E-state index in [0.717, 1.165) is 68.7 Å². The Morgan fingerprint density at radius 2 is 1.58 bits per heavy atom. The van der Waals surface area contributed by atoms with Gasteiger partial charge < -0.3 is 10.1 Å². The topological polar surface area (TPSA) is 41.6 Å². The molecule has 1 fully saturated rings. The molecule has 1 heterocycles. The highest BCUT2D eigenvalue weighted by Crippen LogP contribution is 2.33. The second-order valence-corrected chi connectivity index (χ2v) is 10.2. The molecule has 168 valence electrons. The molecule has 0 radical (unpaired) electrons. The van der Waals surface area contributed by atoms with E-state index in [2.05, 4.69) is 12.2 Å². The fourth-order valence-corrected chi connectivity index (χ4v) is 4.23. The quantitative estimate of drug-likeness (QED) is 0.347. The number of benzene rings is 2. The first-order chi connectivity index (χ1) is 14.9. The van der Waals surface area contributed by atoms with Crippen molar-refractivity contribution in [3.63, 3.8) is 0 Å². The Kier molecular flexibility index (Phi) is 8.91. The van der Waals surface area contributed by atoms with Crippen molar-refractivity contribution in [1.82, 2.24) is 10.2 Å². The molecule has 1 amide bonds. The lowest BCUT2D eigenvalue weighted by atomic mass is 10.0. The summed E-state index contributed by atoms with van der Waals surface area (Å²) in [6, 6.07) is 15.4. The molecule has 0 bridgehead atoms. The number of rotatable bonds is 8. The van der Waals surface area contributed by atoms with Crippen LogP contribution in [0, 0.1) is 0 Å². The van der Waals surface area contributed by atoms with Gasteiger partial charge in [-0.15, -0.1) is 0 Å². The van der Waals surface area contributed by atoms with Gasteiger partial charge in [-0.05, 0) is 54.7 Å². The highest BCUT2D eigenvalue weighted by atomic mass is 35.6. The lowest BCUT2D eigenvalue weighted by Gasteiger charge is -2.38. The molecular formula is C24H29Cl3N2O2. The second kappa shape index (κ2) is 11.4. The Bertz CT molecular complexity index is 829. The zero-order valence-corrected chi connectivity index (χ0v) is 20.0. The molecule has 3 rings (SSSR count). The minimum absolute atomic E-state index is 0.256. The summed E-state index contributed by atoms with van der Waals surface area (Å²) >= 11 is 18.6. The molecule has 0 aliphatic carbocycles. The number of amides is 1. The van der Waals surface area contributed by atoms with Gasteiger partial charge in [0.15, 0.2) is 0 Å². The third kappa shape index (κ3) is 7.01. The number of alkyl halides is 3. The lowest BCUT2D eigenvalue weighted by molar-refractivity contribution is 0.0819. The minimum atomic E-state index is -1.60. The lowest BCUT2D eigenvalue weighted by Crippen LogP contribution is -2.56. The molecule has 0 aromatic heterocycles. The minimum Gasteiger partial charge on any atom is -0.494 e. The summed E-state index contributed by atoms with van der Waals surface area (Å²) < 4.78 is 4.11. The highest BCUT2D eigenvalue weighted by Gasteiger charge is 2.39. The fourth-order valence-electron chi connectivity index (χ4n) is 3.66. The number of ether oxygens (including phenoxy) is 1. The maximum absolute atomic E-state index is 12.8. The number of halogens is 3. The average molecular weight is 484 g/mol. The number of nitrogens with zero attached hydrogens (tertiary/aromatic N) is 1. The summed E-state index contributed by atoms with van der Waals surface area (Å²) in [4.78, 5) is 14.9. The van der Waals surface area contributed by atoms with Crippen molar-refractivity contribution in [3.8, 4) is 16.9 Å². The van der Waals surface area contributed by atoms with Gasteiger partial charge in [-0.1, -0.05) is 78.8 Å². The molecule has 1 aliphatic rings. The molecule has 2 aromatic rings. The first-order valence-corrected chi connectivity index (χ1v) is 12.0. The smallest absolute Gasteiger partial charge is 0.252 e. The van der Waals surface area contributed by atoms with E-state index in [4.69, 9.17) is 39.5 Å². The Morgan fingerprint density at radius 1 is 1.00 bits per heavy atom. The number of nitrogens with one attached hydrogen (secondary N) is 1. The van der Waals surface area contributed by atoms with Crippen LogP contribution in [0.1, 0.15) is 49.4 Å². The number of piperidine rings is 1. The van der Waals surface area contributed by atoms with Crippen molar-refractivity contribution >= 4 is 40.7 Å². The second-order valence-electron chi connectivity index (χ2n) is 7.82. The van der Waals surface area contributed by atoms with E-state index in [-0.39, 0.29) is 5.91 Å². The van der Waals surface area contributed by atoms with Crippen LogP contribution in [-0.4, -0.2) is 40.5 Å². The van der Waals surface area contributed by atoms with E-state index < -0.39 is 9.96 Å². The van der Waals surface area contributed by atoms with Crippen molar-refractivity contribution in [2.24, 2.45) is 0 Å². The maximum Gasteiger partial charge on any atom is 0.252 e. The molecule has 1 N–H and O–H groups in total. The Balaban J connectivity index is 1.65. The van der Waals surface area contributed by atoms with Crippen LogP contribution >= 0.6 is 34.8 Å². The first kappa shape index (κ1) is 24.2. The van der Waals surface area contributed by atoms with Crippen molar-refractivity contribution in [2.45, 2.75) is 49.0 Å². The van der Waals surface area contributed by atoms with Gasteiger partial charge in [-0.3, -0.25) is 9.69 Å². The monoisotopic (exact) mass is 482 g/mol. The summed E-state index contributed by atoms with van der Waals surface area (Å²) in [7, 11) is 0. The number of likely N-dealkylation sites (tertiary alicyclic amines) is 1. The van der Waals surface area contributed by atoms with Crippen molar-refractivity contribution in [2.75, 3.05) is 19.7 Å². The van der Waals surface area contributed by atoms with Crippen molar-refractivity contribution < 1.29 is 9.53 Å². The van der Waals surface area contributed by atoms with E-state index in [0.29, 0.717) is 5.56 Å². The third-order valence-electron chi connectivity index (χ3n) is 5.44. The molecular weight excluding hydrogens is 455 g/mol. The number of hydrogen-bond acceptors (Lipinski definition) is 3. The molecule has 31 heavy (non-hydrogen) atoms. The van der Waals surface area contributed by atoms with Crippen LogP contribution in [0.4, 0.5) is 0 Å². The molecule has 4 nitrogen and oxygen atoms in total. The largest absolute Gasteiger partial charge is 0.494 e. The number of carbonyl (C=O) groups is 1. The van der Waals surface area contributed by atoms with Crippen molar-refractivity contribution in [1.29, 1.82) is 0 Å². The molecule has 1 saturated heterocycles. The van der Waals surface area contributed by atoms with E-state index in [9.17, 15) is 4.79 Å². The van der Waals surface area contributed by atoms with Gasteiger partial charge in [0.25, 0.3) is 5.91 Å². The van der Waals surface area contributed by atoms with Crippen LogP contribution in [-0.2, 0) is 0 Å². The molecule has 7 heteroatoms. The Hall–Kier alpha value is -1.46. The third-order valence-corrected chi connectivity index (χ3v) is 6.06. The summed E-state index contributed by atoms with van der Waals surface area (Å²) in [6.45, 7) is 4.47. The molecule has 0 spiro atoms. The Labute approximate surface area is 199 Å². The number of hydrogen-bond donors (Lipinski definition) is 1. The van der Waals surface area contributed by atoms with Crippen LogP contribution in [0.5, 0.6) is 5.75 Å². The van der Waals surface area contributed by atoms with Crippen LogP contribution in [0.2, 0.25) is 0 Å². The molecule has 0 saturated carbocycles. The molecule has 1 aliphatic heterocycles. The zero-order valence-electron chi connectivity index (χ0n) is 17.8. The van der Waals surface area contributed by atoms with E-state index in [1.165, 1.54) is 0 Å². The fraction of sp³-hybridized carbons (Fsp3) is 0.458. The van der Waals surface area contributed by atoms with Crippen molar-refractivity contribution in [3.05, 3.63) is 54.1 Å². The molecule has 0 unspecified atom stereocenters. The summed E-state index contributed by atoms with van der Waals surface area (Å²) in [5.41, 5.74) is 2.60. The molecule has 1 atom stereocenters. The Morgan fingerprint density at radius 3 is 2.13 bits per heavy atom. The van der Waals surface area contributed by atoms with E-state index in [1.54, 1.807) is 12.1 Å². The van der Waals surface area contributed by atoms with Gasteiger partial charge >= 0.3 is 0 Å². The first-order valence-electron chi connectivity index (χ1n) is 10.8. The van der Waals surface area contributed by atoms with Crippen LogP contribution in [0.15, 0.2) is 48.5 Å². The number of carbonyl (C=O) groups excluding carboxylic acids is 1. The molecule has 2 aromatic carbocycles. The summed E-state index contributed by atoms with van der Waals surface area (Å²) in [6.07, 6.45) is 4.71. The highest BCUT2D eigenvalue weighted by molar-refractivity contribution is 6.68. The average Bonchev–Trinajstić information content (AvgIpc) is 2.78. The van der Waals surface area contributed by atoms with Gasteiger partial charge in [0.1, 0.15) is 11.9 Å².